The molecule has 1 aromatic carbocycles. The lowest BCUT2D eigenvalue weighted by atomic mass is 10.1. The third-order valence-electron chi connectivity index (χ3n) is 2.00. The van der Waals surface area contributed by atoms with Gasteiger partial charge >= 0.3 is 0 Å². The van der Waals surface area contributed by atoms with Gasteiger partial charge in [0.05, 0.1) is 16.1 Å². The molecular formula is C10H10N2OS. The summed E-state index contributed by atoms with van der Waals surface area (Å²) in [6.45, 7) is 2.00. The molecule has 2 aromatic rings. The molecule has 0 bridgehead atoms. The van der Waals surface area contributed by atoms with Gasteiger partial charge in [0.1, 0.15) is 5.75 Å². The van der Waals surface area contributed by atoms with Crippen molar-refractivity contribution in [3.05, 3.63) is 35.5 Å². The molecule has 0 aliphatic heterocycles. The van der Waals surface area contributed by atoms with Crippen LogP contribution in [0.2, 0.25) is 0 Å². The second-order valence-corrected chi connectivity index (χ2v) is 3.76. The molecule has 0 atom stereocenters. The molecule has 2 N–H and O–H groups in total. The normalized spacial score (nSPS) is 10.1. The molecule has 72 valence electrons. The third kappa shape index (κ3) is 1.62. The number of nitrogens with zero attached hydrogens (tertiary/aromatic N) is 1. The van der Waals surface area contributed by atoms with E-state index in [0.29, 0.717) is 5.75 Å². The standard InChI is InChI=1S/C10H10N2OS/c1-7-10(14-6-12-7)8-2-4-9(13-11)5-3-8/h2-6H,11H2,1H3. The first-order valence-electron chi connectivity index (χ1n) is 4.18. The van der Waals surface area contributed by atoms with Gasteiger partial charge in [-0.25, -0.2) is 4.98 Å². The molecule has 1 aromatic heterocycles. The lowest BCUT2D eigenvalue weighted by molar-refractivity contribution is 0.334. The Kier molecular flexibility index (Phi) is 2.47. The van der Waals surface area contributed by atoms with E-state index in [9.17, 15) is 0 Å². The molecule has 14 heavy (non-hydrogen) atoms. The SMILES string of the molecule is Cc1ncsc1-c1ccc(ON)cc1. The third-order valence-corrected chi connectivity index (χ3v) is 2.98. The highest BCUT2D eigenvalue weighted by Gasteiger charge is 2.04. The summed E-state index contributed by atoms with van der Waals surface area (Å²) in [5, 5.41) is 0. The van der Waals surface area contributed by atoms with Gasteiger partial charge in [-0.1, -0.05) is 0 Å². The van der Waals surface area contributed by atoms with Crippen LogP contribution in [0.5, 0.6) is 5.75 Å². The second kappa shape index (κ2) is 3.77. The summed E-state index contributed by atoms with van der Waals surface area (Å²) in [6.07, 6.45) is 0. The minimum Gasteiger partial charge on any atom is -0.412 e. The van der Waals surface area contributed by atoms with Crippen LogP contribution in [0, 0.1) is 6.92 Å². The van der Waals surface area contributed by atoms with Gasteiger partial charge in [0.2, 0.25) is 0 Å². The van der Waals surface area contributed by atoms with Crippen LogP contribution >= 0.6 is 11.3 Å². The minimum absolute atomic E-state index is 0.663. The molecule has 1 heterocycles. The van der Waals surface area contributed by atoms with E-state index in [4.69, 9.17) is 5.90 Å². The highest BCUT2D eigenvalue weighted by atomic mass is 32.1. The van der Waals surface area contributed by atoms with Gasteiger partial charge in [-0.05, 0) is 36.8 Å². The fraction of sp³-hybridized carbons (Fsp3) is 0.100. The molecule has 0 radical (unpaired) electrons. The van der Waals surface area contributed by atoms with Crippen molar-refractivity contribution in [3.8, 4) is 16.2 Å². The highest BCUT2D eigenvalue weighted by molar-refractivity contribution is 7.13. The number of hydrogen-bond acceptors (Lipinski definition) is 4. The average Bonchev–Trinajstić information content (AvgIpc) is 2.65. The van der Waals surface area contributed by atoms with Gasteiger partial charge in [-0.2, -0.15) is 5.90 Å². The fourth-order valence-corrected chi connectivity index (χ4v) is 2.08. The molecule has 2 rings (SSSR count). The van der Waals surface area contributed by atoms with Crippen molar-refractivity contribution in [2.75, 3.05) is 0 Å². The highest BCUT2D eigenvalue weighted by Crippen LogP contribution is 2.28. The van der Waals surface area contributed by atoms with Crippen LogP contribution in [-0.4, -0.2) is 4.98 Å². The van der Waals surface area contributed by atoms with Crippen LogP contribution in [0.25, 0.3) is 10.4 Å². The molecule has 3 nitrogen and oxygen atoms in total. The zero-order valence-corrected chi connectivity index (χ0v) is 8.54. The Morgan fingerprint density at radius 1 is 1.29 bits per heavy atom. The van der Waals surface area contributed by atoms with Crippen molar-refractivity contribution >= 4 is 11.3 Å². The summed E-state index contributed by atoms with van der Waals surface area (Å²) in [5.74, 6) is 5.70. The zero-order chi connectivity index (χ0) is 9.97. The molecule has 0 aliphatic rings. The van der Waals surface area contributed by atoms with Gasteiger partial charge in [0.25, 0.3) is 0 Å². The summed E-state index contributed by atoms with van der Waals surface area (Å²) in [5.41, 5.74) is 4.04. The van der Waals surface area contributed by atoms with E-state index in [1.165, 1.54) is 4.88 Å². The molecule has 0 amide bonds. The summed E-state index contributed by atoms with van der Waals surface area (Å²) >= 11 is 1.63. The maximum absolute atomic E-state index is 5.04. The Morgan fingerprint density at radius 3 is 2.50 bits per heavy atom. The average molecular weight is 206 g/mol. The molecular weight excluding hydrogens is 196 g/mol. The first-order chi connectivity index (χ1) is 6.81. The summed E-state index contributed by atoms with van der Waals surface area (Å²) in [6, 6.07) is 7.63. The van der Waals surface area contributed by atoms with Gasteiger partial charge in [-0.15, -0.1) is 11.3 Å². The van der Waals surface area contributed by atoms with Gasteiger partial charge in [-0.3, -0.25) is 0 Å². The molecule has 0 spiro atoms. The summed E-state index contributed by atoms with van der Waals surface area (Å²) in [4.78, 5) is 9.99. The van der Waals surface area contributed by atoms with Crippen LogP contribution in [0.1, 0.15) is 5.69 Å². The van der Waals surface area contributed by atoms with Crippen LogP contribution in [-0.2, 0) is 0 Å². The molecule has 0 fully saturated rings. The van der Waals surface area contributed by atoms with E-state index in [-0.39, 0.29) is 0 Å². The lowest BCUT2D eigenvalue weighted by Crippen LogP contribution is -2.00. The Morgan fingerprint density at radius 2 is 2.00 bits per heavy atom. The van der Waals surface area contributed by atoms with E-state index in [0.717, 1.165) is 11.3 Å². The second-order valence-electron chi connectivity index (χ2n) is 2.91. The first kappa shape index (κ1) is 9.18. The van der Waals surface area contributed by atoms with Crippen molar-refractivity contribution in [3.63, 3.8) is 0 Å². The molecule has 0 unspecified atom stereocenters. The number of thiazole rings is 1. The topological polar surface area (TPSA) is 48.1 Å². The fourth-order valence-electron chi connectivity index (χ4n) is 1.26. The van der Waals surface area contributed by atoms with Gasteiger partial charge in [0.15, 0.2) is 0 Å². The number of hydrogen-bond donors (Lipinski definition) is 1. The van der Waals surface area contributed by atoms with E-state index >= 15 is 0 Å². The Bertz CT molecular complexity index is 422. The predicted octanol–water partition coefficient (Wildman–Crippen LogP) is 2.37. The number of rotatable bonds is 2. The van der Waals surface area contributed by atoms with Crippen LogP contribution in [0.4, 0.5) is 0 Å². The molecule has 4 heteroatoms. The molecule has 0 saturated carbocycles. The predicted molar refractivity (Wildman–Crippen MR) is 57.1 cm³/mol. The van der Waals surface area contributed by atoms with E-state index in [2.05, 4.69) is 9.82 Å². The van der Waals surface area contributed by atoms with Crippen molar-refractivity contribution in [2.24, 2.45) is 5.90 Å². The van der Waals surface area contributed by atoms with E-state index in [1.807, 2.05) is 36.7 Å². The van der Waals surface area contributed by atoms with Crippen molar-refractivity contribution in [2.45, 2.75) is 6.92 Å². The Labute approximate surface area is 86.1 Å². The number of aryl methyl sites for hydroxylation is 1. The largest absolute Gasteiger partial charge is 0.412 e. The monoisotopic (exact) mass is 206 g/mol. The molecule has 0 saturated heterocycles. The summed E-state index contributed by atoms with van der Waals surface area (Å²) in [7, 11) is 0. The summed E-state index contributed by atoms with van der Waals surface area (Å²) < 4.78 is 0. The number of benzene rings is 1. The van der Waals surface area contributed by atoms with Gasteiger partial charge in [0, 0.05) is 0 Å². The number of nitrogens with two attached hydrogens (primary N) is 1. The number of aromatic nitrogens is 1. The smallest absolute Gasteiger partial charge is 0.146 e. The maximum Gasteiger partial charge on any atom is 0.146 e. The van der Waals surface area contributed by atoms with Crippen molar-refractivity contribution in [1.29, 1.82) is 0 Å². The van der Waals surface area contributed by atoms with E-state index in [1.54, 1.807) is 11.3 Å². The van der Waals surface area contributed by atoms with Crippen molar-refractivity contribution in [1.82, 2.24) is 4.98 Å². The maximum atomic E-state index is 5.04. The van der Waals surface area contributed by atoms with E-state index < -0.39 is 0 Å². The Hall–Kier alpha value is -1.39. The minimum atomic E-state index is 0.663. The zero-order valence-electron chi connectivity index (χ0n) is 7.73. The quantitative estimate of drug-likeness (QED) is 0.767. The van der Waals surface area contributed by atoms with Gasteiger partial charge < -0.3 is 4.84 Å². The van der Waals surface area contributed by atoms with Crippen LogP contribution in [0.15, 0.2) is 29.8 Å². The first-order valence-corrected chi connectivity index (χ1v) is 5.06. The van der Waals surface area contributed by atoms with Crippen LogP contribution < -0.4 is 10.7 Å². The molecule has 0 aliphatic carbocycles. The van der Waals surface area contributed by atoms with Crippen molar-refractivity contribution < 1.29 is 4.84 Å². The Balaban J connectivity index is 2.39. The lowest BCUT2D eigenvalue weighted by Gasteiger charge is -2.00. The van der Waals surface area contributed by atoms with Crippen LogP contribution in [0.3, 0.4) is 0 Å².